The molecule has 6 heteroatoms. The number of fused-ring (bicyclic) bond motifs is 1. The van der Waals surface area contributed by atoms with Crippen molar-refractivity contribution in [2.24, 2.45) is 0 Å². The van der Waals surface area contributed by atoms with Gasteiger partial charge >= 0.3 is 0 Å². The van der Waals surface area contributed by atoms with Crippen LogP contribution in [0.4, 0.5) is 8.78 Å². The van der Waals surface area contributed by atoms with Crippen molar-refractivity contribution in [2.45, 2.75) is 0 Å². The molecule has 1 heterocycles. The van der Waals surface area contributed by atoms with E-state index in [0.29, 0.717) is 26.0 Å². The molecule has 0 radical (unpaired) electrons. The number of imidazole rings is 1. The molecule has 96 valence electrons. The highest BCUT2D eigenvalue weighted by molar-refractivity contribution is 9.10. The first kappa shape index (κ1) is 12.5. The Hall–Kier alpha value is -1.53. The lowest BCUT2D eigenvalue weighted by atomic mass is 10.2. The number of benzene rings is 2. The summed E-state index contributed by atoms with van der Waals surface area (Å²) >= 11 is 8.59. The number of rotatable bonds is 1. The summed E-state index contributed by atoms with van der Waals surface area (Å²) in [6.45, 7) is 0. The summed E-state index contributed by atoms with van der Waals surface area (Å²) in [5.41, 5.74) is 1.83. The molecular weight excluding hydrogens is 334 g/mol. The molecule has 3 rings (SSSR count). The molecule has 19 heavy (non-hydrogen) atoms. The molecule has 0 aliphatic rings. The molecule has 0 unspecified atom stereocenters. The first-order valence-electron chi connectivity index (χ1n) is 5.42. The van der Waals surface area contributed by atoms with Crippen molar-refractivity contribution in [3.05, 3.63) is 57.3 Å². The highest BCUT2D eigenvalue weighted by Crippen LogP contribution is 2.26. The third kappa shape index (κ3) is 2.11. The highest BCUT2D eigenvalue weighted by atomic mass is 79.9. The van der Waals surface area contributed by atoms with E-state index in [4.69, 9.17) is 12.2 Å². The molecule has 1 N–H and O–H groups in total. The molecule has 2 aromatic carbocycles. The van der Waals surface area contributed by atoms with Crippen LogP contribution in [0.2, 0.25) is 0 Å². The second-order valence-electron chi connectivity index (χ2n) is 4.02. The fourth-order valence-electron chi connectivity index (χ4n) is 1.98. The van der Waals surface area contributed by atoms with Crippen molar-refractivity contribution < 1.29 is 8.78 Å². The van der Waals surface area contributed by atoms with Crippen molar-refractivity contribution in [2.75, 3.05) is 0 Å². The van der Waals surface area contributed by atoms with Crippen molar-refractivity contribution in [3.63, 3.8) is 0 Å². The van der Waals surface area contributed by atoms with Crippen LogP contribution in [-0.2, 0) is 0 Å². The molecule has 0 aliphatic heterocycles. The summed E-state index contributed by atoms with van der Waals surface area (Å²) in [5.74, 6) is -0.717. The van der Waals surface area contributed by atoms with E-state index >= 15 is 0 Å². The Labute approximate surface area is 120 Å². The minimum atomic E-state index is -0.364. The standard InChI is InChI=1S/C13H7BrF2N2S/c14-9-3-1-8(16)6-12(9)18-11-4-2-7(15)5-10(11)17-13(18)19/h1-6H,(H,17,19). The average molecular weight is 341 g/mol. The third-order valence-corrected chi connectivity index (χ3v) is 3.75. The molecule has 0 fully saturated rings. The van der Waals surface area contributed by atoms with E-state index in [1.807, 2.05) is 0 Å². The predicted molar refractivity (Wildman–Crippen MR) is 76.1 cm³/mol. The first-order valence-corrected chi connectivity index (χ1v) is 6.62. The van der Waals surface area contributed by atoms with Crippen molar-refractivity contribution in [1.29, 1.82) is 0 Å². The molecule has 0 bridgehead atoms. The monoisotopic (exact) mass is 340 g/mol. The maximum absolute atomic E-state index is 13.4. The van der Waals surface area contributed by atoms with E-state index in [1.165, 1.54) is 24.3 Å². The topological polar surface area (TPSA) is 20.7 Å². The minimum absolute atomic E-state index is 0.353. The number of H-pyrrole nitrogens is 1. The van der Waals surface area contributed by atoms with Gasteiger partial charge in [-0.1, -0.05) is 0 Å². The number of aromatic nitrogens is 2. The van der Waals surface area contributed by atoms with Gasteiger partial charge < -0.3 is 4.98 Å². The van der Waals surface area contributed by atoms with Gasteiger partial charge in [-0.15, -0.1) is 0 Å². The summed E-state index contributed by atoms with van der Waals surface area (Å²) in [4.78, 5) is 2.91. The van der Waals surface area contributed by atoms with Crippen LogP contribution in [0.25, 0.3) is 16.7 Å². The Bertz CT molecular complexity index is 838. The summed E-state index contributed by atoms with van der Waals surface area (Å²) in [7, 11) is 0. The van der Waals surface area contributed by atoms with Gasteiger partial charge in [0.2, 0.25) is 0 Å². The van der Waals surface area contributed by atoms with Crippen LogP contribution in [0, 0.1) is 16.4 Å². The fraction of sp³-hybridized carbons (Fsp3) is 0. The molecule has 0 aliphatic carbocycles. The summed E-state index contributed by atoms with van der Waals surface area (Å²) in [5, 5.41) is 0. The van der Waals surface area contributed by atoms with Crippen LogP contribution in [0.5, 0.6) is 0 Å². The zero-order valence-electron chi connectivity index (χ0n) is 9.45. The van der Waals surface area contributed by atoms with Gasteiger partial charge in [0.1, 0.15) is 11.6 Å². The van der Waals surface area contributed by atoms with E-state index in [-0.39, 0.29) is 11.6 Å². The molecular formula is C13H7BrF2N2S. The van der Waals surface area contributed by atoms with Gasteiger partial charge in [-0.05, 0) is 64.5 Å². The molecule has 0 saturated carbocycles. The quantitative estimate of drug-likeness (QED) is 0.635. The summed E-state index contributed by atoms with van der Waals surface area (Å²) < 4.78 is 29.3. The van der Waals surface area contributed by atoms with Crippen LogP contribution in [0.3, 0.4) is 0 Å². The maximum Gasteiger partial charge on any atom is 0.182 e. The number of hydrogen-bond donors (Lipinski definition) is 1. The lowest BCUT2D eigenvalue weighted by Crippen LogP contribution is -1.96. The average Bonchev–Trinajstić information content (AvgIpc) is 2.67. The molecule has 3 aromatic rings. The number of aromatic amines is 1. The fourth-order valence-corrected chi connectivity index (χ4v) is 2.71. The second-order valence-corrected chi connectivity index (χ2v) is 5.26. The maximum atomic E-state index is 13.4. The van der Waals surface area contributed by atoms with E-state index < -0.39 is 0 Å². The lowest BCUT2D eigenvalue weighted by molar-refractivity contribution is 0.626. The van der Waals surface area contributed by atoms with Crippen LogP contribution < -0.4 is 0 Å². The number of hydrogen-bond acceptors (Lipinski definition) is 1. The van der Waals surface area contributed by atoms with Crippen LogP contribution in [0.15, 0.2) is 40.9 Å². The van der Waals surface area contributed by atoms with Gasteiger partial charge in [-0.2, -0.15) is 0 Å². The molecule has 0 amide bonds. The van der Waals surface area contributed by atoms with E-state index in [2.05, 4.69) is 20.9 Å². The van der Waals surface area contributed by atoms with Gasteiger partial charge in [0.15, 0.2) is 4.77 Å². The third-order valence-electron chi connectivity index (χ3n) is 2.79. The molecule has 0 saturated heterocycles. The summed E-state index contributed by atoms with van der Waals surface area (Å²) in [6.07, 6.45) is 0. The van der Waals surface area contributed by atoms with Gasteiger partial charge in [-0.3, -0.25) is 4.57 Å². The molecule has 2 nitrogen and oxygen atoms in total. The zero-order valence-corrected chi connectivity index (χ0v) is 11.9. The van der Waals surface area contributed by atoms with Crippen LogP contribution in [-0.4, -0.2) is 9.55 Å². The van der Waals surface area contributed by atoms with Crippen LogP contribution >= 0.6 is 28.1 Å². The normalized spacial score (nSPS) is 11.1. The Morgan fingerprint density at radius 1 is 1.05 bits per heavy atom. The van der Waals surface area contributed by atoms with Gasteiger partial charge in [-0.25, -0.2) is 8.78 Å². The SMILES string of the molecule is Fc1ccc(Br)c(-n2c(=S)[nH]c3cc(F)ccc32)c1. The number of nitrogens with zero attached hydrogens (tertiary/aromatic N) is 1. The van der Waals surface area contributed by atoms with Crippen molar-refractivity contribution in [1.82, 2.24) is 9.55 Å². The van der Waals surface area contributed by atoms with E-state index in [0.717, 1.165) is 0 Å². The van der Waals surface area contributed by atoms with E-state index in [1.54, 1.807) is 16.7 Å². The lowest BCUT2D eigenvalue weighted by Gasteiger charge is -2.07. The van der Waals surface area contributed by atoms with Gasteiger partial charge in [0.05, 0.1) is 16.7 Å². The Kier molecular flexibility index (Phi) is 2.99. The van der Waals surface area contributed by atoms with Crippen molar-refractivity contribution >= 4 is 39.2 Å². The Balaban J connectivity index is 2.39. The second kappa shape index (κ2) is 4.54. The smallest absolute Gasteiger partial charge is 0.182 e. The zero-order chi connectivity index (χ0) is 13.6. The number of nitrogens with one attached hydrogen (secondary N) is 1. The van der Waals surface area contributed by atoms with E-state index in [9.17, 15) is 8.78 Å². The van der Waals surface area contributed by atoms with Crippen LogP contribution in [0.1, 0.15) is 0 Å². The number of halogens is 3. The van der Waals surface area contributed by atoms with Crippen molar-refractivity contribution in [3.8, 4) is 5.69 Å². The molecule has 0 atom stereocenters. The van der Waals surface area contributed by atoms with Gasteiger partial charge in [0, 0.05) is 4.47 Å². The van der Waals surface area contributed by atoms with Gasteiger partial charge in [0.25, 0.3) is 0 Å². The largest absolute Gasteiger partial charge is 0.330 e. The highest BCUT2D eigenvalue weighted by Gasteiger charge is 2.11. The minimum Gasteiger partial charge on any atom is -0.330 e. The Morgan fingerprint density at radius 2 is 1.74 bits per heavy atom. The molecule has 1 aromatic heterocycles. The Morgan fingerprint density at radius 3 is 2.53 bits per heavy atom. The first-order chi connectivity index (χ1) is 9.06. The molecule has 0 spiro atoms. The predicted octanol–water partition coefficient (Wildman–Crippen LogP) is 4.73. The summed E-state index contributed by atoms with van der Waals surface area (Å²) in [6, 6.07) is 8.63.